The third-order valence-corrected chi connectivity index (χ3v) is 7.43. The molecule has 2 aromatic carbocycles. The number of benzene rings is 2. The van der Waals surface area contributed by atoms with Crippen molar-refractivity contribution in [1.29, 1.82) is 0 Å². The predicted molar refractivity (Wildman–Crippen MR) is 136 cm³/mol. The molecule has 0 aliphatic carbocycles. The topological polar surface area (TPSA) is 62.3 Å². The minimum Gasteiger partial charge on any atom is -0.496 e. The monoisotopic (exact) mass is 479 g/mol. The van der Waals surface area contributed by atoms with E-state index in [-0.39, 0.29) is 17.7 Å². The van der Waals surface area contributed by atoms with E-state index in [1.165, 1.54) is 0 Å². The second-order valence-electron chi connectivity index (χ2n) is 9.55. The van der Waals surface area contributed by atoms with Crippen molar-refractivity contribution in [3.05, 3.63) is 59.7 Å². The number of carbonyl (C=O) groups excluding carboxylic acids is 2. The number of amides is 2. The summed E-state index contributed by atoms with van der Waals surface area (Å²) < 4.78 is 10.9. The van der Waals surface area contributed by atoms with Gasteiger partial charge < -0.3 is 24.2 Å². The first kappa shape index (κ1) is 25.0. The minimum atomic E-state index is -0.0384. The number of likely N-dealkylation sites (tertiary alicyclic amines) is 2. The van der Waals surface area contributed by atoms with Crippen molar-refractivity contribution in [1.82, 2.24) is 14.7 Å². The molecule has 0 saturated carbocycles. The summed E-state index contributed by atoms with van der Waals surface area (Å²) in [7, 11) is 5.06. The Bertz CT molecular complexity index is 974. The van der Waals surface area contributed by atoms with Crippen molar-refractivity contribution in [3.63, 3.8) is 0 Å². The summed E-state index contributed by atoms with van der Waals surface area (Å²) in [4.78, 5) is 32.5. The standard InChI is InChI=1S/C28H37N3O4/c1-29(20-21-8-5-4-6-9-21)27(32)22-12-16-30(17-13-22)23-14-18-31(19-15-23)28(33)26-24(34-2)10-7-11-25(26)35-3/h4-11,22-23H,12-20H2,1-3H3. The number of methoxy groups -OCH3 is 2. The zero-order chi connectivity index (χ0) is 24.8. The van der Waals surface area contributed by atoms with Gasteiger partial charge in [-0.15, -0.1) is 0 Å². The molecule has 0 spiro atoms. The molecule has 0 atom stereocenters. The van der Waals surface area contributed by atoms with E-state index in [0.717, 1.165) is 44.3 Å². The summed E-state index contributed by atoms with van der Waals surface area (Å²) in [6, 6.07) is 16.0. The molecule has 2 aliphatic heterocycles. The quantitative estimate of drug-likeness (QED) is 0.606. The number of hydrogen-bond acceptors (Lipinski definition) is 5. The Morgan fingerprint density at radius 1 is 0.857 bits per heavy atom. The highest BCUT2D eigenvalue weighted by atomic mass is 16.5. The minimum absolute atomic E-state index is 0.0384. The number of hydrogen-bond donors (Lipinski definition) is 0. The normalized spacial score (nSPS) is 17.7. The Balaban J connectivity index is 1.27. The molecule has 7 nitrogen and oxygen atoms in total. The Morgan fingerprint density at radius 2 is 1.46 bits per heavy atom. The van der Waals surface area contributed by atoms with Crippen LogP contribution >= 0.6 is 0 Å². The number of piperidine rings is 2. The van der Waals surface area contributed by atoms with Crippen LogP contribution in [0.3, 0.4) is 0 Å². The number of nitrogens with zero attached hydrogens (tertiary/aromatic N) is 3. The van der Waals surface area contributed by atoms with E-state index in [1.807, 2.05) is 41.1 Å². The maximum absolute atomic E-state index is 13.3. The Morgan fingerprint density at radius 3 is 2.03 bits per heavy atom. The fourth-order valence-electron chi connectivity index (χ4n) is 5.41. The van der Waals surface area contributed by atoms with E-state index in [9.17, 15) is 9.59 Å². The van der Waals surface area contributed by atoms with E-state index in [1.54, 1.807) is 26.4 Å². The first-order valence-corrected chi connectivity index (χ1v) is 12.5. The molecule has 2 amide bonds. The van der Waals surface area contributed by atoms with Crippen LogP contribution in [0.2, 0.25) is 0 Å². The second-order valence-corrected chi connectivity index (χ2v) is 9.55. The number of ether oxygens (including phenoxy) is 2. The maximum Gasteiger partial charge on any atom is 0.261 e. The van der Waals surface area contributed by atoms with Crippen LogP contribution in [-0.4, -0.2) is 80.0 Å². The van der Waals surface area contributed by atoms with Gasteiger partial charge in [0.15, 0.2) is 0 Å². The second kappa shape index (κ2) is 11.6. The summed E-state index contributed by atoms with van der Waals surface area (Å²) in [5.74, 6) is 1.39. The molecule has 0 unspecified atom stereocenters. The van der Waals surface area contributed by atoms with E-state index in [0.29, 0.717) is 42.7 Å². The SMILES string of the molecule is COc1cccc(OC)c1C(=O)N1CCC(N2CCC(C(=O)N(C)Cc3ccccc3)CC2)CC1. The lowest BCUT2D eigenvalue weighted by Crippen LogP contribution is -2.50. The Labute approximate surface area is 208 Å². The van der Waals surface area contributed by atoms with Crippen molar-refractivity contribution in [3.8, 4) is 11.5 Å². The molecule has 0 radical (unpaired) electrons. The number of rotatable bonds is 7. The van der Waals surface area contributed by atoms with Crippen molar-refractivity contribution >= 4 is 11.8 Å². The lowest BCUT2D eigenvalue weighted by atomic mass is 9.92. The fourth-order valence-corrected chi connectivity index (χ4v) is 5.41. The largest absolute Gasteiger partial charge is 0.496 e. The molecule has 35 heavy (non-hydrogen) atoms. The zero-order valence-corrected chi connectivity index (χ0v) is 21.1. The summed E-state index contributed by atoms with van der Waals surface area (Å²) in [5.41, 5.74) is 1.66. The average molecular weight is 480 g/mol. The lowest BCUT2D eigenvalue weighted by molar-refractivity contribution is -0.136. The molecule has 2 fully saturated rings. The van der Waals surface area contributed by atoms with Gasteiger partial charge in [-0.3, -0.25) is 9.59 Å². The van der Waals surface area contributed by atoms with Gasteiger partial charge in [0.2, 0.25) is 5.91 Å². The van der Waals surface area contributed by atoms with Crippen LogP contribution in [0.25, 0.3) is 0 Å². The predicted octanol–water partition coefficient (Wildman–Crippen LogP) is 3.68. The molecule has 0 aromatic heterocycles. The third-order valence-electron chi connectivity index (χ3n) is 7.43. The highest BCUT2D eigenvalue weighted by Crippen LogP contribution is 2.31. The average Bonchev–Trinajstić information content (AvgIpc) is 2.92. The van der Waals surface area contributed by atoms with Gasteiger partial charge in [0.05, 0.1) is 14.2 Å². The maximum atomic E-state index is 13.3. The zero-order valence-electron chi connectivity index (χ0n) is 21.1. The third kappa shape index (κ3) is 5.78. The van der Waals surface area contributed by atoms with E-state index >= 15 is 0 Å². The summed E-state index contributed by atoms with van der Waals surface area (Å²) in [6.45, 7) is 3.96. The first-order chi connectivity index (χ1) is 17.0. The molecule has 0 N–H and O–H groups in total. The summed E-state index contributed by atoms with van der Waals surface area (Å²) in [6.07, 6.45) is 3.68. The summed E-state index contributed by atoms with van der Waals surface area (Å²) in [5, 5.41) is 0. The van der Waals surface area contributed by atoms with Crippen LogP contribution in [0, 0.1) is 5.92 Å². The molecule has 7 heteroatoms. The van der Waals surface area contributed by atoms with E-state index in [2.05, 4.69) is 17.0 Å². The molecule has 4 rings (SSSR count). The highest BCUT2D eigenvalue weighted by Gasteiger charge is 2.33. The molecular weight excluding hydrogens is 442 g/mol. The van der Waals surface area contributed by atoms with Crippen LogP contribution in [0.5, 0.6) is 11.5 Å². The summed E-state index contributed by atoms with van der Waals surface area (Å²) >= 11 is 0. The molecule has 0 bridgehead atoms. The van der Waals surface area contributed by atoms with Crippen LogP contribution in [0.4, 0.5) is 0 Å². The van der Waals surface area contributed by atoms with Gasteiger partial charge in [0.25, 0.3) is 5.91 Å². The molecule has 188 valence electrons. The van der Waals surface area contributed by atoms with Crippen LogP contribution in [0.1, 0.15) is 41.6 Å². The van der Waals surface area contributed by atoms with Crippen molar-refractivity contribution in [2.24, 2.45) is 5.92 Å². The van der Waals surface area contributed by atoms with Gasteiger partial charge in [0, 0.05) is 38.6 Å². The van der Waals surface area contributed by atoms with Crippen molar-refractivity contribution < 1.29 is 19.1 Å². The highest BCUT2D eigenvalue weighted by molar-refractivity contribution is 5.99. The van der Waals surface area contributed by atoms with Gasteiger partial charge in [-0.1, -0.05) is 36.4 Å². The van der Waals surface area contributed by atoms with E-state index < -0.39 is 0 Å². The van der Waals surface area contributed by atoms with Crippen LogP contribution < -0.4 is 9.47 Å². The molecule has 2 heterocycles. The van der Waals surface area contributed by atoms with Crippen LogP contribution in [0.15, 0.2) is 48.5 Å². The van der Waals surface area contributed by atoms with Gasteiger partial charge in [-0.2, -0.15) is 0 Å². The van der Waals surface area contributed by atoms with Gasteiger partial charge in [-0.25, -0.2) is 0 Å². The Kier molecular flexibility index (Phi) is 8.29. The number of carbonyl (C=O) groups is 2. The van der Waals surface area contributed by atoms with Crippen LogP contribution in [-0.2, 0) is 11.3 Å². The molecule has 2 aliphatic rings. The van der Waals surface area contributed by atoms with E-state index in [4.69, 9.17) is 9.47 Å². The molecule has 2 aromatic rings. The Hall–Kier alpha value is -3.06. The van der Waals surface area contributed by atoms with Gasteiger partial charge in [0.1, 0.15) is 17.1 Å². The lowest BCUT2D eigenvalue weighted by Gasteiger charge is -2.42. The smallest absolute Gasteiger partial charge is 0.261 e. The molecule has 2 saturated heterocycles. The first-order valence-electron chi connectivity index (χ1n) is 12.5. The van der Waals surface area contributed by atoms with Gasteiger partial charge >= 0.3 is 0 Å². The fraction of sp³-hybridized carbons (Fsp3) is 0.500. The van der Waals surface area contributed by atoms with Gasteiger partial charge in [-0.05, 0) is 56.5 Å². The van der Waals surface area contributed by atoms with Crippen molar-refractivity contribution in [2.75, 3.05) is 47.4 Å². The van der Waals surface area contributed by atoms with Crippen molar-refractivity contribution in [2.45, 2.75) is 38.3 Å². The molecular formula is C28H37N3O4.